The van der Waals surface area contributed by atoms with E-state index in [-0.39, 0.29) is 11.8 Å². The summed E-state index contributed by atoms with van der Waals surface area (Å²) in [5.41, 5.74) is 0.930. The molecule has 1 aromatic rings. The Morgan fingerprint density at radius 3 is 2.60 bits per heavy atom. The van der Waals surface area contributed by atoms with Crippen LogP contribution in [-0.4, -0.2) is 41.9 Å². The van der Waals surface area contributed by atoms with Gasteiger partial charge in [-0.2, -0.15) is 0 Å². The molecular formula is C20H27N3O2. The van der Waals surface area contributed by atoms with Crippen LogP contribution >= 0.6 is 0 Å². The van der Waals surface area contributed by atoms with Crippen molar-refractivity contribution in [1.29, 1.82) is 0 Å². The van der Waals surface area contributed by atoms with Gasteiger partial charge in [0.2, 0.25) is 5.91 Å². The summed E-state index contributed by atoms with van der Waals surface area (Å²) in [5, 5.41) is 3.04. The van der Waals surface area contributed by atoms with Crippen LogP contribution < -0.4 is 10.2 Å². The highest BCUT2D eigenvalue weighted by atomic mass is 16.2. The quantitative estimate of drug-likeness (QED) is 0.900. The van der Waals surface area contributed by atoms with Gasteiger partial charge in [0, 0.05) is 0 Å². The predicted octanol–water partition coefficient (Wildman–Crippen LogP) is 3.02. The monoisotopic (exact) mass is 341 g/mol. The smallest absolute Gasteiger partial charge is 0.250 e. The number of fused-ring (bicyclic) bond motifs is 1. The molecule has 1 N–H and O–H groups in total. The molecule has 4 rings (SSSR count). The molecule has 0 unspecified atom stereocenters. The maximum absolute atomic E-state index is 13.3. The summed E-state index contributed by atoms with van der Waals surface area (Å²) in [7, 11) is 0. The van der Waals surface area contributed by atoms with E-state index in [1.807, 2.05) is 29.2 Å². The van der Waals surface area contributed by atoms with Crippen LogP contribution in [-0.2, 0) is 9.59 Å². The molecule has 0 aromatic heterocycles. The number of nitrogens with zero attached hydrogens (tertiary/aromatic N) is 2. The van der Waals surface area contributed by atoms with Gasteiger partial charge >= 0.3 is 0 Å². The normalized spacial score (nSPS) is 23.6. The molecular weight excluding hydrogens is 314 g/mol. The molecule has 0 atom stereocenters. The summed E-state index contributed by atoms with van der Waals surface area (Å²) in [6, 6.07) is 7.70. The van der Waals surface area contributed by atoms with Gasteiger partial charge in [-0.3, -0.25) is 19.4 Å². The number of anilines is 2. The minimum atomic E-state index is -0.686. The van der Waals surface area contributed by atoms with Crippen molar-refractivity contribution in [3.63, 3.8) is 0 Å². The van der Waals surface area contributed by atoms with Crippen molar-refractivity contribution in [2.24, 2.45) is 5.92 Å². The minimum absolute atomic E-state index is 0.00989. The van der Waals surface area contributed by atoms with Crippen LogP contribution in [0.15, 0.2) is 24.3 Å². The van der Waals surface area contributed by atoms with Gasteiger partial charge in [0.15, 0.2) is 0 Å². The zero-order chi connectivity index (χ0) is 17.4. The molecule has 0 radical (unpaired) electrons. The van der Waals surface area contributed by atoms with Crippen molar-refractivity contribution in [2.45, 2.75) is 51.0 Å². The molecule has 0 bridgehead atoms. The third kappa shape index (κ3) is 2.84. The fourth-order valence-corrected chi connectivity index (χ4v) is 4.61. The molecule has 1 saturated carbocycles. The van der Waals surface area contributed by atoms with E-state index in [0.717, 1.165) is 68.9 Å². The van der Waals surface area contributed by atoms with Crippen molar-refractivity contribution in [2.75, 3.05) is 29.9 Å². The Balaban J connectivity index is 1.64. The van der Waals surface area contributed by atoms with Crippen molar-refractivity contribution in [3.8, 4) is 0 Å². The first-order chi connectivity index (χ1) is 12.1. The molecule has 5 nitrogen and oxygen atoms in total. The summed E-state index contributed by atoms with van der Waals surface area (Å²) in [4.78, 5) is 30.3. The zero-order valence-corrected chi connectivity index (χ0v) is 15.0. The SMILES string of the molecule is CC1CCN(CC(=O)N2c3ccccc3NC(=O)C23CCCC3)CC1. The molecule has 1 saturated heterocycles. The lowest BCUT2D eigenvalue weighted by Gasteiger charge is -2.45. The first-order valence-electron chi connectivity index (χ1n) is 9.56. The molecule has 1 aliphatic carbocycles. The maximum atomic E-state index is 13.3. The number of amides is 2. The molecule has 25 heavy (non-hydrogen) atoms. The molecule has 1 spiro atoms. The zero-order valence-electron chi connectivity index (χ0n) is 15.0. The second kappa shape index (κ2) is 6.45. The average Bonchev–Trinajstić information content (AvgIpc) is 3.08. The Hall–Kier alpha value is -1.88. The van der Waals surface area contributed by atoms with Crippen molar-refractivity contribution < 1.29 is 9.59 Å². The highest BCUT2D eigenvalue weighted by Gasteiger charge is 2.52. The molecule has 5 heteroatoms. The maximum Gasteiger partial charge on any atom is 0.250 e. The van der Waals surface area contributed by atoms with Crippen LogP contribution in [0, 0.1) is 5.92 Å². The van der Waals surface area contributed by atoms with Crippen molar-refractivity contribution in [3.05, 3.63) is 24.3 Å². The summed E-state index contributed by atoms with van der Waals surface area (Å²) >= 11 is 0. The van der Waals surface area contributed by atoms with Gasteiger partial charge in [0.25, 0.3) is 5.91 Å². The number of likely N-dealkylation sites (tertiary alicyclic amines) is 1. The molecule has 2 fully saturated rings. The van der Waals surface area contributed by atoms with E-state index in [0.29, 0.717) is 6.54 Å². The first-order valence-corrected chi connectivity index (χ1v) is 9.56. The number of piperidine rings is 1. The number of hydrogen-bond acceptors (Lipinski definition) is 3. The Labute approximate surface area is 149 Å². The number of carbonyl (C=O) groups excluding carboxylic acids is 2. The standard InChI is InChI=1S/C20H27N3O2/c1-15-8-12-22(13-9-15)14-18(24)23-17-7-3-2-6-16(17)21-19(25)20(23)10-4-5-11-20/h2-3,6-7,15H,4-5,8-14H2,1H3,(H,21,25). The summed E-state index contributed by atoms with van der Waals surface area (Å²) in [5.74, 6) is 0.803. The van der Waals surface area contributed by atoms with E-state index in [1.54, 1.807) is 0 Å². The summed E-state index contributed by atoms with van der Waals surface area (Å²) in [6.45, 7) is 4.64. The number of para-hydroxylation sites is 2. The van der Waals surface area contributed by atoms with Crippen LogP contribution in [0.5, 0.6) is 0 Å². The van der Waals surface area contributed by atoms with Crippen LogP contribution in [0.4, 0.5) is 11.4 Å². The minimum Gasteiger partial charge on any atom is -0.322 e. The van der Waals surface area contributed by atoms with Gasteiger partial charge in [-0.25, -0.2) is 0 Å². The largest absolute Gasteiger partial charge is 0.322 e. The van der Waals surface area contributed by atoms with E-state index < -0.39 is 5.54 Å². The Morgan fingerprint density at radius 1 is 1.20 bits per heavy atom. The van der Waals surface area contributed by atoms with Crippen molar-refractivity contribution >= 4 is 23.2 Å². The van der Waals surface area contributed by atoms with E-state index in [1.165, 1.54) is 0 Å². The molecule has 3 aliphatic rings. The van der Waals surface area contributed by atoms with Gasteiger partial charge in [-0.1, -0.05) is 31.9 Å². The highest BCUT2D eigenvalue weighted by molar-refractivity contribution is 6.15. The molecule has 2 aliphatic heterocycles. The number of benzene rings is 1. The lowest BCUT2D eigenvalue weighted by molar-refractivity contribution is -0.128. The fourth-order valence-electron chi connectivity index (χ4n) is 4.61. The van der Waals surface area contributed by atoms with Crippen LogP contribution in [0.2, 0.25) is 0 Å². The van der Waals surface area contributed by atoms with Crippen LogP contribution in [0.1, 0.15) is 45.4 Å². The van der Waals surface area contributed by atoms with Crippen LogP contribution in [0.25, 0.3) is 0 Å². The van der Waals surface area contributed by atoms with E-state index in [2.05, 4.69) is 17.1 Å². The lowest BCUT2D eigenvalue weighted by Crippen LogP contribution is -2.62. The van der Waals surface area contributed by atoms with Crippen LogP contribution in [0.3, 0.4) is 0 Å². The van der Waals surface area contributed by atoms with Gasteiger partial charge in [-0.15, -0.1) is 0 Å². The summed E-state index contributed by atoms with van der Waals surface area (Å²) < 4.78 is 0. The number of nitrogens with one attached hydrogen (secondary N) is 1. The second-order valence-corrected chi connectivity index (χ2v) is 7.90. The Bertz CT molecular complexity index is 673. The van der Waals surface area contributed by atoms with Gasteiger partial charge in [0.05, 0.1) is 17.9 Å². The lowest BCUT2D eigenvalue weighted by atomic mass is 9.89. The average molecular weight is 341 g/mol. The van der Waals surface area contributed by atoms with E-state index in [4.69, 9.17) is 0 Å². The fraction of sp³-hybridized carbons (Fsp3) is 0.600. The van der Waals surface area contributed by atoms with Gasteiger partial charge < -0.3 is 5.32 Å². The predicted molar refractivity (Wildman–Crippen MR) is 98.6 cm³/mol. The Kier molecular flexibility index (Phi) is 4.28. The highest BCUT2D eigenvalue weighted by Crippen LogP contribution is 2.45. The molecule has 2 heterocycles. The second-order valence-electron chi connectivity index (χ2n) is 7.90. The molecule has 1 aromatic carbocycles. The number of carbonyl (C=O) groups is 2. The topological polar surface area (TPSA) is 52.7 Å². The summed E-state index contributed by atoms with van der Waals surface area (Å²) in [6.07, 6.45) is 5.82. The van der Waals surface area contributed by atoms with E-state index in [9.17, 15) is 9.59 Å². The third-order valence-corrected chi connectivity index (χ3v) is 6.16. The third-order valence-electron chi connectivity index (χ3n) is 6.16. The first kappa shape index (κ1) is 16.6. The molecule has 134 valence electrons. The molecule has 2 amide bonds. The van der Waals surface area contributed by atoms with Gasteiger partial charge in [0.1, 0.15) is 5.54 Å². The van der Waals surface area contributed by atoms with Crippen molar-refractivity contribution in [1.82, 2.24) is 4.90 Å². The number of hydrogen-bond donors (Lipinski definition) is 1. The van der Waals surface area contributed by atoms with Gasteiger partial charge in [-0.05, 0) is 56.8 Å². The number of rotatable bonds is 2. The Morgan fingerprint density at radius 2 is 1.88 bits per heavy atom. The van der Waals surface area contributed by atoms with E-state index >= 15 is 0 Å².